The molecule has 0 spiro atoms. The minimum atomic E-state index is -4.42. The van der Waals surface area contributed by atoms with Gasteiger partial charge in [-0.2, -0.15) is 13.2 Å². The van der Waals surface area contributed by atoms with Gasteiger partial charge in [-0.3, -0.25) is 9.78 Å². The number of hydrogen-bond acceptors (Lipinski definition) is 4. The third-order valence-electron chi connectivity index (χ3n) is 4.80. The highest BCUT2D eigenvalue weighted by Crippen LogP contribution is 2.29. The molecule has 1 N–H and O–H groups in total. The Morgan fingerprint density at radius 1 is 1.00 bits per heavy atom. The second kappa shape index (κ2) is 6.74. The number of rotatable bonds is 2. The molecule has 1 aromatic heterocycles. The summed E-state index contributed by atoms with van der Waals surface area (Å²) in [5.41, 5.74) is 1.41. The summed E-state index contributed by atoms with van der Waals surface area (Å²) in [6, 6.07) is 9.64. The molecule has 1 aliphatic heterocycles. The van der Waals surface area contributed by atoms with Crippen LogP contribution >= 0.6 is 0 Å². The Labute approximate surface area is 157 Å². The number of carbonyl (C=O) groups is 1. The van der Waals surface area contributed by atoms with Crippen molar-refractivity contribution in [3.05, 3.63) is 64.1 Å². The molecule has 0 atom stereocenters. The van der Waals surface area contributed by atoms with Gasteiger partial charge in [-0.25, -0.2) is 4.79 Å². The van der Waals surface area contributed by atoms with Crippen molar-refractivity contribution < 1.29 is 22.4 Å². The molecule has 0 aliphatic carbocycles. The van der Waals surface area contributed by atoms with E-state index in [4.69, 9.17) is 4.42 Å². The monoisotopic (exact) mass is 391 g/mol. The maximum absolute atomic E-state index is 12.7. The number of alkyl halides is 3. The minimum Gasteiger partial charge on any atom is -0.408 e. The zero-order valence-electron chi connectivity index (χ0n) is 14.6. The molecule has 1 fully saturated rings. The Hall–Kier alpha value is -3.23. The molecule has 0 unspecified atom stereocenters. The normalized spacial score (nSPS) is 15.2. The summed E-state index contributed by atoms with van der Waals surface area (Å²) in [4.78, 5) is 30.1. The fourth-order valence-electron chi connectivity index (χ4n) is 3.28. The number of piperazine rings is 1. The van der Waals surface area contributed by atoms with Crippen LogP contribution in [0.3, 0.4) is 0 Å². The van der Waals surface area contributed by atoms with Crippen molar-refractivity contribution in [1.82, 2.24) is 9.88 Å². The van der Waals surface area contributed by atoms with Crippen LogP contribution in [0.2, 0.25) is 0 Å². The van der Waals surface area contributed by atoms with E-state index >= 15 is 0 Å². The quantitative estimate of drug-likeness (QED) is 0.729. The number of halogens is 3. The van der Waals surface area contributed by atoms with Crippen molar-refractivity contribution in [3.8, 4) is 0 Å². The summed E-state index contributed by atoms with van der Waals surface area (Å²) in [6.45, 7) is 2.00. The molecular weight excluding hydrogens is 375 g/mol. The first-order valence-electron chi connectivity index (χ1n) is 8.65. The number of anilines is 1. The number of amides is 1. The first-order chi connectivity index (χ1) is 13.3. The van der Waals surface area contributed by atoms with Crippen LogP contribution in [0.25, 0.3) is 11.1 Å². The second-order valence-electron chi connectivity index (χ2n) is 6.55. The van der Waals surface area contributed by atoms with E-state index in [0.717, 1.165) is 17.8 Å². The summed E-state index contributed by atoms with van der Waals surface area (Å²) in [7, 11) is 0. The van der Waals surface area contributed by atoms with E-state index in [0.29, 0.717) is 37.3 Å². The number of benzene rings is 2. The van der Waals surface area contributed by atoms with Gasteiger partial charge in [-0.05, 0) is 36.4 Å². The van der Waals surface area contributed by atoms with Crippen molar-refractivity contribution in [2.24, 2.45) is 0 Å². The number of H-pyrrole nitrogens is 1. The van der Waals surface area contributed by atoms with Crippen molar-refractivity contribution in [2.45, 2.75) is 6.18 Å². The molecule has 1 aliphatic rings. The third-order valence-corrected chi connectivity index (χ3v) is 4.80. The Bertz CT molecular complexity index is 1060. The highest BCUT2D eigenvalue weighted by molar-refractivity contribution is 5.94. The number of carbonyl (C=O) groups excluding carboxylic acids is 1. The fourth-order valence-corrected chi connectivity index (χ4v) is 3.28. The van der Waals surface area contributed by atoms with Crippen molar-refractivity contribution >= 4 is 22.7 Å². The number of aromatic nitrogens is 1. The van der Waals surface area contributed by atoms with Crippen LogP contribution in [0.5, 0.6) is 0 Å². The number of hydrogen-bond donors (Lipinski definition) is 1. The van der Waals surface area contributed by atoms with Gasteiger partial charge in [0, 0.05) is 43.5 Å². The predicted octanol–water partition coefficient (Wildman–Crippen LogP) is 3.10. The molecule has 0 radical (unpaired) electrons. The zero-order chi connectivity index (χ0) is 19.9. The number of oxazole rings is 1. The Kier molecular flexibility index (Phi) is 4.37. The van der Waals surface area contributed by atoms with E-state index in [1.54, 1.807) is 17.0 Å². The lowest BCUT2D eigenvalue weighted by Gasteiger charge is -2.36. The molecule has 9 heteroatoms. The summed E-state index contributed by atoms with van der Waals surface area (Å²) in [5, 5.41) is 0. The van der Waals surface area contributed by atoms with Crippen LogP contribution in [-0.2, 0) is 6.18 Å². The van der Waals surface area contributed by atoms with E-state index in [-0.39, 0.29) is 11.5 Å². The predicted molar refractivity (Wildman–Crippen MR) is 96.4 cm³/mol. The Balaban J connectivity index is 1.42. The lowest BCUT2D eigenvalue weighted by molar-refractivity contribution is -0.137. The van der Waals surface area contributed by atoms with Crippen LogP contribution in [0.1, 0.15) is 15.9 Å². The van der Waals surface area contributed by atoms with E-state index in [2.05, 4.69) is 9.88 Å². The summed E-state index contributed by atoms with van der Waals surface area (Å²) >= 11 is 0. The number of aromatic amines is 1. The molecule has 0 saturated carbocycles. The van der Waals surface area contributed by atoms with Gasteiger partial charge in [0.25, 0.3) is 5.91 Å². The lowest BCUT2D eigenvalue weighted by atomic mass is 10.1. The number of nitrogens with zero attached hydrogens (tertiary/aromatic N) is 2. The topological polar surface area (TPSA) is 69.6 Å². The Morgan fingerprint density at radius 3 is 2.32 bits per heavy atom. The first kappa shape index (κ1) is 18.1. The average Bonchev–Trinajstić information content (AvgIpc) is 3.06. The van der Waals surface area contributed by atoms with Gasteiger partial charge in [0.05, 0.1) is 11.1 Å². The van der Waals surface area contributed by atoms with Crippen molar-refractivity contribution in [1.29, 1.82) is 0 Å². The number of nitrogens with one attached hydrogen (secondary N) is 1. The van der Waals surface area contributed by atoms with Gasteiger partial charge in [-0.15, -0.1) is 0 Å². The van der Waals surface area contributed by atoms with Crippen LogP contribution < -0.4 is 10.7 Å². The van der Waals surface area contributed by atoms with E-state index in [9.17, 15) is 22.8 Å². The van der Waals surface area contributed by atoms with Gasteiger partial charge in [0.1, 0.15) is 0 Å². The molecule has 2 aromatic carbocycles. The van der Waals surface area contributed by atoms with Gasteiger partial charge in [-0.1, -0.05) is 0 Å². The smallest absolute Gasteiger partial charge is 0.408 e. The summed E-state index contributed by atoms with van der Waals surface area (Å²) < 4.78 is 43.0. The lowest BCUT2D eigenvalue weighted by Crippen LogP contribution is -2.48. The second-order valence-corrected chi connectivity index (χ2v) is 6.55. The van der Waals surface area contributed by atoms with Gasteiger partial charge < -0.3 is 14.2 Å². The number of fused-ring (bicyclic) bond motifs is 1. The fraction of sp³-hybridized carbons (Fsp3) is 0.263. The van der Waals surface area contributed by atoms with Crippen LogP contribution in [-0.4, -0.2) is 42.0 Å². The molecule has 6 nitrogen and oxygen atoms in total. The van der Waals surface area contributed by atoms with Gasteiger partial charge in [0.2, 0.25) is 0 Å². The highest BCUT2D eigenvalue weighted by Gasteiger charge is 2.30. The van der Waals surface area contributed by atoms with Crippen molar-refractivity contribution in [3.63, 3.8) is 0 Å². The van der Waals surface area contributed by atoms with Gasteiger partial charge >= 0.3 is 11.9 Å². The molecule has 1 amide bonds. The SMILES string of the molecule is O=C(c1ccc(C(F)(F)F)cc1)N1CCN(c2ccc3[nH]c(=O)oc3c2)CC1. The maximum Gasteiger partial charge on any atom is 0.417 e. The van der Waals surface area contributed by atoms with E-state index in [1.807, 2.05) is 6.07 Å². The van der Waals surface area contributed by atoms with Gasteiger partial charge in [0.15, 0.2) is 5.58 Å². The van der Waals surface area contributed by atoms with Crippen molar-refractivity contribution in [2.75, 3.05) is 31.1 Å². The minimum absolute atomic E-state index is 0.233. The third kappa shape index (κ3) is 3.47. The average molecular weight is 391 g/mol. The summed E-state index contributed by atoms with van der Waals surface area (Å²) in [5.74, 6) is -0.806. The van der Waals surface area contributed by atoms with Crippen LogP contribution in [0, 0.1) is 0 Å². The van der Waals surface area contributed by atoms with Crippen LogP contribution in [0.4, 0.5) is 18.9 Å². The molecule has 3 aromatic rings. The largest absolute Gasteiger partial charge is 0.417 e. The summed E-state index contributed by atoms with van der Waals surface area (Å²) in [6.07, 6.45) is -4.42. The maximum atomic E-state index is 12.7. The van der Waals surface area contributed by atoms with Crippen LogP contribution in [0.15, 0.2) is 51.7 Å². The molecule has 1 saturated heterocycles. The standard InChI is InChI=1S/C19H16F3N3O3/c20-19(21,22)13-3-1-12(2-4-13)17(26)25-9-7-24(8-10-25)14-5-6-15-16(11-14)28-18(27)23-15/h1-6,11H,7-10H2,(H,23,27). The molecular formula is C19H16F3N3O3. The van der Waals surface area contributed by atoms with E-state index < -0.39 is 17.5 Å². The molecule has 0 bridgehead atoms. The first-order valence-corrected chi connectivity index (χ1v) is 8.65. The molecule has 28 heavy (non-hydrogen) atoms. The highest BCUT2D eigenvalue weighted by atomic mass is 19.4. The molecule has 4 rings (SSSR count). The zero-order valence-corrected chi connectivity index (χ0v) is 14.6. The van der Waals surface area contributed by atoms with E-state index in [1.165, 1.54) is 12.1 Å². The molecule has 146 valence electrons. The molecule has 2 heterocycles. The Morgan fingerprint density at radius 2 is 1.68 bits per heavy atom.